The lowest BCUT2D eigenvalue weighted by Crippen LogP contribution is -1.83. The second-order valence-electron chi connectivity index (χ2n) is 2.03. The summed E-state index contributed by atoms with van der Waals surface area (Å²) in [7, 11) is 0. The van der Waals surface area contributed by atoms with Crippen molar-refractivity contribution in [2.24, 2.45) is 0 Å². The minimum atomic E-state index is 0.859. The molecule has 0 bridgehead atoms. The molecule has 1 rings (SSSR count). The SMILES string of the molecule is CC1=CCC(=N)C1. The first kappa shape index (κ1) is 4.57. The fraction of sp³-hybridized carbons (Fsp3) is 0.500. The Morgan fingerprint density at radius 3 is 2.57 bits per heavy atom. The first-order valence-corrected chi connectivity index (χ1v) is 2.51. The van der Waals surface area contributed by atoms with E-state index >= 15 is 0 Å². The van der Waals surface area contributed by atoms with Gasteiger partial charge in [-0.15, -0.1) is 0 Å². The van der Waals surface area contributed by atoms with Gasteiger partial charge in [0.1, 0.15) is 0 Å². The lowest BCUT2D eigenvalue weighted by molar-refractivity contribution is 1.27. The summed E-state index contributed by atoms with van der Waals surface area (Å²) in [6.07, 6.45) is 3.92. The average molecular weight is 95.1 g/mol. The topological polar surface area (TPSA) is 23.9 Å². The molecule has 0 aromatic heterocycles. The van der Waals surface area contributed by atoms with Gasteiger partial charge in [0, 0.05) is 18.6 Å². The van der Waals surface area contributed by atoms with Crippen molar-refractivity contribution in [3.63, 3.8) is 0 Å². The summed E-state index contributed by atoms with van der Waals surface area (Å²) in [5.41, 5.74) is 2.21. The molecule has 1 aliphatic carbocycles. The molecule has 0 heterocycles. The van der Waals surface area contributed by atoms with Crippen molar-refractivity contribution >= 4 is 5.71 Å². The Morgan fingerprint density at radius 2 is 2.43 bits per heavy atom. The summed E-state index contributed by atoms with van der Waals surface area (Å²) in [6.45, 7) is 2.07. The van der Waals surface area contributed by atoms with Crippen LogP contribution in [-0.4, -0.2) is 5.71 Å². The zero-order valence-corrected chi connectivity index (χ0v) is 4.49. The largest absolute Gasteiger partial charge is 0.309 e. The molecule has 0 spiro atoms. The van der Waals surface area contributed by atoms with E-state index in [0.29, 0.717) is 0 Å². The first-order valence-electron chi connectivity index (χ1n) is 2.51. The van der Waals surface area contributed by atoms with Gasteiger partial charge in [0.05, 0.1) is 0 Å². The molecule has 1 heteroatoms. The molecular weight excluding hydrogens is 86.1 g/mol. The number of rotatable bonds is 0. The minimum absolute atomic E-state index is 0.859. The predicted octanol–water partition coefficient (Wildman–Crippen LogP) is 1.75. The molecule has 38 valence electrons. The van der Waals surface area contributed by atoms with Crippen LogP contribution in [0.4, 0.5) is 0 Å². The van der Waals surface area contributed by atoms with Crippen molar-refractivity contribution in [2.45, 2.75) is 19.8 Å². The first-order chi connectivity index (χ1) is 3.29. The van der Waals surface area contributed by atoms with Crippen molar-refractivity contribution in [3.8, 4) is 0 Å². The van der Waals surface area contributed by atoms with Crippen LogP contribution in [0.25, 0.3) is 0 Å². The summed E-state index contributed by atoms with van der Waals surface area (Å²) in [5.74, 6) is 0. The van der Waals surface area contributed by atoms with Gasteiger partial charge in [0.2, 0.25) is 0 Å². The summed E-state index contributed by atoms with van der Waals surface area (Å²) >= 11 is 0. The molecule has 0 fully saturated rings. The predicted molar refractivity (Wildman–Crippen MR) is 30.7 cm³/mol. The van der Waals surface area contributed by atoms with E-state index in [1.54, 1.807) is 0 Å². The Morgan fingerprint density at radius 1 is 1.71 bits per heavy atom. The maximum atomic E-state index is 7.13. The van der Waals surface area contributed by atoms with Gasteiger partial charge in [-0.2, -0.15) is 0 Å². The van der Waals surface area contributed by atoms with Crippen LogP contribution in [-0.2, 0) is 0 Å². The number of allylic oxidation sites excluding steroid dienone is 2. The van der Waals surface area contributed by atoms with E-state index in [4.69, 9.17) is 5.41 Å². The quantitative estimate of drug-likeness (QED) is 0.443. The Balaban J connectivity index is 2.58. The van der Waals surface area contributed by atoms with Crippen LogP contribution < -0.4 is 0 Å². The molecule has 1 N–H and O–H groups in total. The highest BCUT2D eigenvalue weighted by molar-refractivity contribution is 5.87. The van der Waals surface area contributed by atoms with Crippen molar-refractivity contribution in [1.82, 2.24) is 0 Å². The van der Waals surface area contributed by atoms with Crippen LogP contribution in [0.1, 0.15) is 19.8 Å². The average Bonchev–Trinajstić information content (AvgIpc) is 1.87. The monoisotopic (exact) mass is 95.1 g/mol. The lowest BCUT2D eigenvalue weighted by Gasteiger charge is -1.84. The second-order valence-corrected chi connectivity index (χ2v) is 2.03. The molecule has 0 aromatic rings. The zero-order valence-electron chi connectivity index (χ0n) is 4.49. The van der Waals surface area contributed by atoms with Crippen LogP contribution in [0, 0.1) is 5.41 Å². The van der Waals surface area contributed by atoms with Gasteiger partial charge in [-0.05, 0) is 6.92 Å². The third-order valence-corrected chi connectivity index (χ3v) is 1.19. The van der Waals surface area contributed by atoms with E-state index in [9.17, 15) is 0 Å². The fourth-order valence-electron chi connectivity index (χ4n) is 0.778. The molecule has 0 amide bonds. The minimum Gasteiger partial charge on any atom is -0.309 e. The Bertz CT molecular complexity index is 122. The highest BCUT2D eigenvalue weighted by Gasteiger charge is 2.02. The highest BCUT2D eigenvalue weighted by Crippen LogP contribution is 2.12. The van der Waals surface area contributed by atoms with Gasteiger partial charge in [-0.3, -0.25) is 0 Å². The van der Waals surface area contributed by atoms with Gasteiger partial charge >= 0.3 is 0 Å². The molecule has 0 aliphatic heterocycles. The number of hydrogen-bond acceptors (Lipinski definition) is 1. The Labute approximate surface area is 43.6 Å². The smallest absolute Gasteiger partial charge is 0.0167 e. The van der Waals surface area contributed by atoms with E-state index in [1.807, 2.05) is 0 Å². The van der Waals surface area contributed by atoms with Gasteiger partial charge in [0.15, 0.2) is 0 Å². The van der Waals surface area contributed by atoms with Gasteiger partial charge in [-0.25, -0.2) is 0 Å². The van der Waals surface area contributed by atoms with Gasteiger partial charge < -0.3 is 5.41 Å². The Hall–Kier alpha value is -0.590. The molecule has 0 unspecified atom stereocenters. The molecule has 0 radical (unpaired) electrons. The van der Waals surface area contributed by atoms with Gasteiger partial charge in [-0.1, -0.05) is 11.6 Å². The van der Waals surface area contributed by atoms with E-state index in [0.717, 1.165) is 18.6 Å². The normalized spacial score (nSPS) is 20.1. The summed E-state index contributed by atoms with van der Waals surface area (Å²) < 4.78 is 0. The molecule has 0 atom stereocenters. The van der Waals surface area contributed by atoms with E-state index in [2.05, 4.69) is 13.0 Å². The third kappa shape index (κ3) is 0.889. The van der Waals surface area contributed by atoms with Crippen molar-refractivity contribution in [3.05, 3.63) is 11.6 Å². The molecule has 0 saturated carbocycles. The van der Waals surface area contributed by atoms with Crippen LogP contribution in [0.15, 0.2) is 11.6 Å². The summed E-state index contributed by atoms with van der Waals surface area (Å²) in [6, 6.07) is 0. The fourth-order valence-corrected chi connectivity index (χ4v) is 0.778. The summed E-state index contributed by atoms with van der Waals surface area (Å²) in [4.78, 5) is 0. The molecule has 0 aromatic carbocycles. The van der Waals surface area contributed by atoms with Crippen molar-refractivity contribution in [1.29, 1.82) is 5.41 Å². The highest BCUT2D eigenvalue weighted by atomic mass is 14.4. The number of hydrogen-bond donors (Lipinski definition) is 1. The van der Waals surface area contributed by atoms with Crippen LogP contribution in [0.5, 0.6) is 0 Å². The number of nitrogens with one attached hydrogen (secondary N) is 1. The maximum absolute atomic E-state index is 7.13. The molecular formula is C6H9N. The second kappa shape index (κ2) is 1.49. The maximum Gasteiger partial charge on any atom is 0.0167 e. The van der Waals surface area contributed by atoms with Gasteiger partial charge in [0.25, 0.3) is 0 Å². The van der Waals surface area contributed by atoms with Crippen molar-refractivity contribution < 1.29 is 0 Å². The van der Waals surface area contributed by atoms with E-state index < -0.39 is 0 Å². The van der Waals surface area contributed by atoms with E-state index in [-0.39, 0.29) is 0 Å². The zero-order chi connectivity index (χ0) is 5.28. The van der Waals surface area contributed by atoms with Crippen LogP contribution in [0.3, 0.4) is 0 Å². The summed E-state index contributed by atoms with van der Waals surface area (Å²) in [5, 5.41) is 7.13. The molecule has 1 nitrogen and oxygen atoms in total. The third-order valence-electron chi connectivity index (χ3n) is 1.19. The van der Waals surface area contributed by atoms with Crippen molar-refractivity contribution in [2.75, 3.05) is 0 Å². The van der Waals surface area contributed by atoms with Crippen LogP contribution in [0.2, 0.25) is 0 Å². The Kier molecular flexibility index (Phi) is 0.970. The molecule has 1 aliphatic rings. The van der Waals surface area contributed by atoms with Crippen LogP contribution >= 0.6 is 0 Å². The lowest BCUT2D eigenvalue weighted by atomic mass is 10.2. The molecule has 0 saturated heterocycles. The van der Waals surface area contributed by atoms with E-state index in [1.165, 1.54) is 5.57 Å². The standard InChI is InChI=1S/C6H9N/c1-5-2-3-6(7)4-5/h2,7H,3-4H2,1H3. The molecule has 7 heavy (non-hydrogen) atoms.